The highest BCUT2D eigenvalue weighted by atomic mass is 28.3. The summed E-state index contributed by atoms with van der Waals surface area (Å²) in [6, 6.07) is 13.2. The highest BCUT2D eigenvalue weighted by molar-refractivity contribution is 6.95. The van der Waals surface area contributed by atoms with Gasteiger partial charge in [0.1, 0.15) is 0 Å². The van der Waals surface area contributed by atoms with Gasteiger partial charge >= 0.3 is 23.9 Å². The number of hydrogen-bond acceptors (Lipinski definition) is 8. The van der Waals surface area contributed by atoms with Crippen molar-refractivity contribution in [3.8, 4) is 0 Å². The molecule has 0 saturated heterocycles. The molecular formula is C46H62O8Si4. The van der Waals surface area contributed by atoms with Crippen molar-refractivity contribution in [3.63, 3.8) is 0 Å². The van der Waals surface area contributed by atoms with Gasteiger partial charge in [-0.2, -0.15) is 0 Å². The van der Waals surface area contributed by atoms with Gasteiger partial charge in [-0.1, -0.05) is 78.6 Å². The van der Waals surface area contributed by atoms with E-state index in [0.29, 0.717) is 22.3 Å². The summed E-state index contributed by atoms with van der Waals surface area (Å²) in [5.74, 6) is -1.98. The molecule has 0 atom stereocenters. The van der Waals surface area contributed by atoms with E-state index in [-0.39, 0.29) is 26.4 Å². The van der Waals surface area contributed by atoms with Gasteiger partial charge in [-0.05, 0) is 128 Å². The lowest BCUT2D eigenvalue weighted by Crippen LogP contribution is -2.50. The van der Waals surface area contributed by atoms with Crippen LogP contribution in [0.25, 0.3) is 43.1 Å². The quantitative estimate of drug-likeness (QED) is 0.0530. The van der Waals surface area contributed by atoms with Gasteiger partial charge in [-0.15, -0.1) is 0 Å². The Hall–Kier alpha value is -4.11. The van der Waals surface area contributed by atoms with Gasteiger partial charge in [-0.25, -0.2) is 19.2 Å². The standard InChI is InChI=1S/C46H62O8Si4/c1-17-51-43(47)35-36(44(48)52-18-2)40(56(8,9)10)32-24-28-22-30-26-34-33(25-29(30)21-27(28)23-31(32)39(35)55(5,6)7)41(57(11,12)13)37(45(49)53-19-3)38(46(50)54-20-4)42(34)58(14,15)16/h21-26H,17-20H2,1-16H3. The highest BCUT2D eigenvalue weighted by Gasteiger charge is 2.40. The first-order valence-electron chi connectivity index (χ1n) is 20.6. The fourth-order valence-corrected chi connectivity index (χ4v) is 16.7. The number of ether oxygens (including phenoxy) is 4. The van der Waals surface area contributed by atoms with E-state index >= 15 is 0 Å². The van der Waals surface area contributed by atoms with E-state index < -0.39 is 56.2 Å². The van der Waals surface area contributed by atoms with Crippen molar-refractivity contribution >= 4 is 120 Å². The number of carbonyl (C=O) groups is 4. The van der Waals surface area contributed by atoms with Crippen LogP contribution in [-0.4, -0.2) is 82.6 Å². The molecular weight excluding hydrogens is 793 g/mol. The van der Waals surface area contributed by atoms with Crippen LogP contribution < -0.4 is 20.7 Å². The van der Waals surface area contributed by atoms with Crippen LogP contribution in [0.5, 0.6) is 0 Å². The van der Waals surface area contributed by atoms with Crippen molar-refractivity contribution in [2.75, 3.05) is 26.4 Å². The topological polar surface area (TPSA) is 105 Å². The average Bonchev–Trinajstić information content (AvgIpc) is 3.08. The van der Waals surface area contributed by atoms with Crippen molar-refractivity contribution in [3.05, 3.63) is 58.7 Å². The first-order chi connectivity index (χ1) is 26.8. The van der Waals surface area contributed by atoms with Crippen molar-refractivity contribution in [2.45, 2.75) is 106 Å². The van der Waals surface area contributed by atoms with Gasteiger partial charge in [0.05, 0.1) is 81.0 Å². The van der Waals surface area contributed by atoms with E-state index in [1.807, 2.05) is 0 Å². The summed E-state index contributed by atoms with van der Waals surface area (Å²) in [5, 5.41) is 11.4. The second kappa shape index (κ2) is 16.2. The van der Waals surface area contributed by atoms with Crippen LogP contribution in [0.4, 0.5) is 0 Å². The predicted molar refractivity (Wildman–Crippen MR) is 252 cm³/mol. The number of carbonyl (C=O) groups excluding carboxylic acids is 4. The van der Waals surface area contributed by atoms with Crippen LogP contribution in [0, 0.1) is 0 Å². The number of hydrogen-bond donors (Lipinski definition) is 0. The van der Waals surface area contributed by atoms with Crippen LogP contribution in [0.1, 0.15) is 69.1 Å². The zero-order chi connectivity index (χ0) is 43.4. The van der Waals surface area contributed by atoms with E-state index in [1.165, 1.54) is 0 Å². The van der Waals surface area contributed by atoms with Gasteiger partial charge in [0.25, 0.3) is 0 Å². The number of benzene rings is 5. The normalized spacial score (nSPS) is 12.7. The van der Waals surface area contributed by atoms with E-state index in [1.54, 1.807) is 27.7 Å². The molecule has 0 aliphatic heterocycles. The van der Waals surface area contributed by atoms with E-state index in [4.69, 9.17) is 18.9 Å². The number of fused-ring (bicyclic) bond motifs is 4. The fourth-order valence-electron chi connectivity index (χ4n) is 8.71. The summed E-state index contributed by atoms with van der Waals surface area (Å²) in [7, 11) is -9.43. The second-order valence-corrected chi connectivity index (χ2v) is 39.2. The molecule has 0 N–H and O–H groups in total. The summed E-state index contributed by atoms with van der Waals surface area (Å²) >= 11 is 0. The minimum Gasteiger partial charge on any atom is -0.462 e. The minimum absolute atomic E-state index is 0.183. The molecule has 0 saturated carbocycles. The zero-order valence-corrected chi connectivity index (χ0v) is 41.6. The Balaban J connectivity index is 2.10. The Labute approximate surface area is 348 Å². The fraction of sp³-hybridized carbons (Fsp3) is 0.435. The molecule has 0 aliphatic carbocycles. The Morgan fingerprint density at radius 2 is 0.517 bits per heavy atom. The largest absolute Gasteiger partial charge is 0.462 e. The number of rotatable bonds is 12. The third-order valence-electron chi connectivity index (χ3n) is 10.6. The van der Waals surface area contributed by atoms with E-state index in [9.17, 15) is 19.2 Å². The molecule has 0 aliphatic rings. The summed E-state index contributed by atoms with van der Waals surface area (Å²) in [4.78, 5) is 56.4. The van der Waals surface area contributed by atoms with Crippen LogP contribution in [0.2, 0.25) is 78.6 Å². The van der Waals surface area contributed by atoms with Crippen LogP contribution in [0.3, 0.4) is 0 Å². The Morgan fingerprint density at radius 3 is 0.655 bits per heavy atom. The maximum atomic E-state index is 14.1. The summed E-state index contributed by atoms with van der Waals surface area (Å²) < 4.78 is 22.9. The molecule has 0 aromatic heterocycles. The monoisotopic (exact) mass is 854 g/mol. The summed E-state index contributed by atoms with van der Waals surface area (Å²) in [5.41, 5.74) is 1.38. The minimum atomic E-state index is -2.36. The lowest BCUT2D eigenvalue weighted by Gasteiger charge is -2.31. The maximum Gasteiger partial charge on any atom is 0.338 e. The van der Waals surface area contributed by atoms with Crippen LogP contribution in [0.15, 0.2) is 36.4 Å². The van der Waals surface area contributed by atoms with Crippen molar-refractivity contribution in [1.82, 2.24) is 0 Å². The molecule has 0 fully saturated rings. The molecule has 0 bridgehead atoms. The Morgan fingerprint density at radius 1 is 0.345 bits per heavy atom. The first kappa shape index (κ1) is 45.0. The van der Waals surface area contributed by atoms with Gasteiger partial charge in [-0.3, -0.25) is 0 Å². The SMILES string of the molecule is CCOC(=O)c1c(C(=O)OCC)c([Si](C)(C)C)c2cc3cc4cc5c([Si](C)(C)C)c(C(=O)OCC)c(C(=O)OCC)c([Si](C)(C)C)c5cc4cc3cc2c1[Si](C)(C)C. The van der Waals surface area contributed by atoms with Crippen molar-refractivity contribution < 1.29 is 38.1 Å². The molecule has 0 heterocycles. The molecule has 8 nitrogen and oxygen atoms in total. The molecule has 0 unspecified atom stereocenters. The van der Waals surface area contributed by atoms with E-state index in [0.717, 1.165) is 63.8 Å². The van der Waals surface area contributed by atoms with Crippen molar-refractivity contribution in [2.24, 2.45) is 0 Å². The number of esters is 4. The molecule has 5 rings (SSSR count). The highest BCUT2D eigenvalue weighted by Crippen LogP contribution is 2.35. The Kier molecular flexibility index (Phi) is 12.5. The maximum absolute atomic E-state index is 14.1. The van der Waals surface area contributed by atoms with Gasteiger partial charge in [0.2, 0.25) is 0 Å². The predicted octanol–water partition coefficient (Wildman–Crippen LogP) is 9.19. The molecule has 58 heavy (non-hydrogen) atoms. The van der Waals surface area contributed by atoms with E-state index in [2.05, 4.69) is 115 Å². The molecule has 310 valence electrons. The zero-order valence-electron chi connectivity index (χ0n) is 37.6. The van der Waals surface area contributed by atoms with Crippen LogP contribution >= 0.6 is 0 Å². The third-order valence-corrected chi connectivity index (χ3v) is 18.6. The Bertz CT molecular complexity index is 2170. The lowest BCUT2D eigenvalue weighted by molar-refractivity contribution is 0.0481. The summed E-state index contributed by atoms with van der Waals surface area (Å²) in [6.07, 6.45) is 0. The van der Waals surface area contributed by atoms with Crippen LogP contribution in [-0.2, 0) is 18.9 Å². The smallest absolute Gasteiger partial charge is 0.338 e. The van der Waals surface area contributed by atoms with Crippen molar-refractivity contribution in [1.29, 1.82) is 0 Å². The molecule has 0 amide bonds. The molecule has 0 spiro atoms. The molecule has 5 aromatic rings. The summed E-state index contributed by atoms with van der Waals surface area (Å²) in [6.45, 7) is 34.2. The lowest BCUT2D eigenvalue weighted by atomic mass is 9.93. The van der Waals surface area contributed by atoms with Gasteiger partial charge in [0, 0.05) is 0 Å². The third kappa shape index (κ3) is 8.22. The van der Waals surface area contributed by atoms with Gasteiger partial charge in [0.15, 0.2) is 0 Å². The molecule has 12 heteroatoms. The second-order valence-electron chi connectivity index (χ2n) is 19.2. The molecule has 5 aromatic carbocycles. The first-order valence-corrected chi connectivity index (χ1v) is 34.6. The average molecular weight is 855 g/mol. The van der Waals surface area contributed by atoms with Gasteiger partial charge < -0.3 is 18.9 Å². The molecule has 0 radical (unpaired) electrons.